The topological polar surface area (TPSA) is 12.0 Å². The lowest BCUT2D eigenvalue weighted by atomic mass is 9.96. The molecule has 0 amide bonds. The van der Waals surface area contributed by atoms with E-state index in [1.807, 2.05) is 0 Å². The van der Waals surface area contributed by atoms with Crippen LogP contribution in [-0.2, 0) is 19.3 Å². The summed E-state index contributed by atoms with van der Waals surface area (Å²) in [4.78, 5) is 0. The number of hydrogen-bond acceptors (Lipinski definition) is 2. The van der Waals surface area contributed by atoms with Crippen LogP contribution in [0.5, 0.6) is 0 Å². The van der Waals surface area contributed by atoms with E-state index in [0.29, 0.717) is 0 Å². The van der Waals surface area contributed by atoms with Crippen molar-refractivity contribution < 1.29 is 0 Å². The van der Waals surface area contributed by atoms with Crippen molar-refractivity contribution in [2.24, 2.45) is 0 Å². The lowest BCUT2D eigenvalue weighted by Gasteiger charge is -2.16. The zero-order valence-electron chi connectivity index (χ0n) is 10.1. The van der Waals surface area contributed by atoms with Crippen LogP contribution in [-0.4, -0.2) is 6.26 Å². The fraction of sp³-hybridized carbons (Fsp3) is 0.571. The van der Waals surface area contributed by atoms with Crippen molar-refractivity contribution in [3.63, 3.8) is 0 Å². The molecular weight excluding hydrogens is 214 g/mol. The molecule has 1 nitrogen and oxygen atoms in total. The highest BCUT2D eigenvalue weighted by atomic mass is 32.2. The molecule has 0 heterocycles. The average Bonchev–Trinajstić information content (AvgIpc) is 2.87. The second kappa shape index (κ2) is 3.99. The third-order valence-corrected chi connectivity index (χ3v) is 4.51. The first-order valence-electron chi connectivity index (χ1n) is 6.27. The third kappa shape index (κ3) is 1.46. The smallest absolute Gasteiger partial charge is 0.0510 e. The van der Waals surface area contributed by atoms with E-state index in [1.165, 1.54) is 37.8 Å². The van der Waals surface area contributed by atoms with Gasteiger partial charge in [0.2, 0.25) is 0 Å². The van der Waals surface area contributed by atoms with E-state index >= 15 is 0 Å². The number of hydrogen-bond donors (Lipinski definition) is 1. The van der Waals surface area contributed by atoms with E-state index in [0.717, 1.165) is 5.92 Å². The molecule has 1 aromatic rings. The third-order valence-electron chi connectivity index (χ3n) is 4.10. The molecule has 1 atom stereocenters. The molecule has 0 aliphatic heterocycles. The molecule has 1 N–H and O–H groups in total. The molecule has 16 heavy (non-hydrogen) atoms. The Morgan fingerprint density at radius 3 is 2.94 bits per heavy atom. The van der Waals surface area contributed by atoms with Crippen LogP contribution in [0.1, 0.15) is 47.9 Å². The lowest BCUT2D eigenvalue weighted by molar-refractivity contribution is 0.746. The first kappa shape index (κ1) is 10.5. The zero-order valence-corrected chi connectivity index (χ0v) is 10.9. The van der Waals surface area contributed by atoms with Crippen LogP contribution in [0.15, 0.2) is 6.07 Å². The monoisotopic (exact) mass is 233 g/mol. The molecule has 0 radical (unpaired) electrons. The van der Waals surface area contributed by atoms with Gasteiger partial charge in [0.25, 0.3) is 0 Å². The number of anilines is 1. The number of aryl methyl sites for hydroxylation is 1. The van der Waals surface area contributed by atoms with E-state index in [2.05, 4.69) is 24.0 Å². The average molecular weight is 233 g/mol. The summed E-state index contributed by atoms with van der Waals surface area (Å²) in [5.41, 5.74) is 7.94. The van der Waals surface area contributed by atoms with E-state index in [9.17, 15) is 0 Å². The summed E-state index contributed by atoms with van der Waals surface area (Å²) in [6.07, 6.45) is 8.64. The first-order valence-corrected chi connectivity index (χ1v) is 7.50. The summed E-state index contributed by atoms with van der Waals surface area (Å²) < 4.78 is 3.55. The molecule has 0 saturated heterocycles. The molecule has 0 spiro atoms. The molecule has 0 saturated carbocycles. The molecule has 1 aromatic carbocycles. The Balaban J connectivity index is 2.17. The Kier molecular flexibility index (Phi) is 2.62. The van der Waals surface area contributed by atoms with Crippen LogP contribution in [0.4, 0.5) is 5.69 Å². The first-order chi connectivity index (χ1) is 7.81. The van der Waals surface area contributed by atoms with Gasteiger partial charge in [-0.1, -0.05) is 24.9 Å². The fourth-order valence-corrected chi connectivity index (χ4v) is 3.71. The molecule has 0 bridgehead atoms. The van der Waals surface area contributed by atoms with Gasteiger partial charge in [0, 0.05) is 6.26 Å². The summed E-state index contributed by atoms with van der Waals surface area (Å²) in [5.74, 6) is 0.767. The Bertz CT molecular complexity index is 425. The minimum atomic E-state index is 0.767. The molecule has 86 valence electrons. The number of nitrogens with one attached hydrogen (secondary N) is 1. The van der Waals surface area contributed by atoms with Crippen molar-refractivity contribution in [3.8, 4) is 0 Å². The van der Waals surface area contributed by atoms with Crippen molar-refractivity contribution in [2.75, 3.05) is 11.0 Å². The minimum absolute atomic E-state index is 0.767. The maximum Gasteiger partial charge on any atom is 0.0510 e. The van der Waals surface area contributed by atoms with Gasteiger partial charge in [-0.3, -0.25) is 0 Å². The predicted octanol–water partition coefficient (Wildman–Crippen LogP) is 3.91. The highest BCUT2D eigenvalue weighted by Crippen LogP contribution is 2.43. The molecule has 1 unspecified atom stereocenters. The van der Waals surface area contributed by atoms with Gasteiger partial charge < -0.3 is 4.72 Å². The Hall–Kier alpha value is -0.630. The van der Waals surface area contributed by atoms with Gasteiger partial charge in [-0.05, 0) is 60.3 Å². The molecule has 3 rings (SSSR count). The van der Waals surface area contributed by atoms with Crippen molar-refractivity contribution in [1.29, 1.82) is 0 Å². The summed E-state index contributed by atoms with van der Waals surface area (Å²) >= 11 is 1.74. The second-order valence-corrected chi connectivity index (χ2v) is 5.67. The van der Waals surface area contributed by atoms with Crippen LogP contribution in [0.25, 0.3) is 0 Å². The van der Waals surface area contributed by atoms with Crippen LogP contribution >= 0.6 is 11.9 Å². The van der Waals surface area contributed by atoms with Gasteiger partial charge in [-0.2, -0.15) is 0 Å². The van der Waals surface area contributed by atoms with Crippen molar-refractivity contribution in [3.05, 3.63) is 28.3 Å². The molecule has 2 aliphatic rings. The molecular formula is C14H19NS. The van der Waals surface area contributed by atoms with Gasteiger partial charge in [0.1, 0.15) is 0 Å². The largest absolute Gasteiger partial charge is 0.329 e. The van der Waals surface area contributed by atoms with Crippen LogP contribution in [0, 0.1) is 0 Å². The summed E-state index contributed by atoms with van der Waals surface area (Å²) in [6.45, 7) is 2.37. The second-order valence-electron chi connectivity index (χ2n) is 5.06. The standard InChI is InChI=1S/C14H19NS/c1-9-6-7-12-13(9)8-10-4-3-5-11(10)14(12)15-16-2/h8-9,15H,3-7H2,1-2H3. The van der Waals surface area contributed by atoms with Gasteiger partial charge in [0.15, 0.2) is 0 Å². The van der Waals surface area contributed by atoms with E-state index in [-0.39, 0.29) is 0 Å². The van der Waals surface area contributed by atoms with E-state index in [4.69, 9.17) is 0 Å². The molecule has 2 aliphatic carbocycles. The van der Waals surface area contributed by atoms with Crippen molar-refractivity contribution in [1.82, 2.24) is 0 Å². The van der Waals surface area contributed by atoms with Crippen LogP contribution < -0.4 is 4.72 Å². The molecule has 0 aromatic heterocycles. The van der Waals surface area contributed by atoms with Crippen molar-refractivity contribution >= 4 is 17.6 Å². The molecule has 2 heteroatoms. The van der Waals surface area contributed by atoms with E-state index < -0.39 is 0 Å². The fourth-order valence-electron chi connectivity index (χ4n) is 3.26. The molecule has 0 fully saturated rings. The van der Waals surface area contributed by atoms with Gasteiger partial charge in [-0.25, -0.2) is 0 Å². The minimum Gasteiger partial charge on any atom is -0.329 e. The Morgan fingerprint density at radius 1 is 1.25 bits per heavy atom. The normalized spacial score (nSPS) is 22.0. The van der Waals surface area contributed by atoms with Crippen LogP contribution in [0.3, 0.4) is 0 Å². The van der Waals surface area contributed by atoms with Gasteiger partial charge >= 0.3 is 0 Å². The SMILES string of the molecule is CSNc1c2c(cc3c1CCC3C)CCC2. The number of fused-ring (bicyclic) bond motifs is 2. The predicted molar refractivity (Wildman–Crippen MR) is 72.3 cm³/mol. The van der Waals surface area contributed by atoms with E-state index in [1.54, 1.807) is 34.2 Å². The van der Waals surface area contributed by atoms with Gasteiger partial charge in [-0.15, -0.1) is 0 Å². The number of rotatable bonds is 2. The lowest BCUT2D eigenvalue weighted by Crippen LogP contribution is -2.00. The highest BCUT2D eigenvalue weighted by molar-refractivity contribution is 7.99. The quantitative estimate of drug-likeness (QED) is 0.777. The number of benzene rings is 1. The van der Waals surface area contributed by atoms with Gasteiger partial charge in [0.05, 0.1) is 5.69 Å². The summed E-state index contributed by atoms with van der Waals surface area (Å²) in [7, 11) is 0. The van der Waals surface area contributed by atoms with Crippen LogP contribution in [0.2, 0.25) is 0 Å². The maximum atomic E-state index is 3.55. The maximum absolute atomic E-state index is 3.55. The van der Waals surface area contributed by atoms with Crippen molar-refractivity contribution in [2.45, 2.75) is 44.9 Å². The highest BCUT2D eigenvalue weighted by Gasteiger charge is 2.27. The zero-order chi connectivity index (χ0) is 11.1. The summed E-state index contributed by atoms with van der Waals surface area (Å²) in [5, 5.41) is 0. The summed E-state index contributed by atoms with van der Waals surface area (Å²) in [6, 6.07) is 2.50. The Labute approximate surface area is 102 Å². The Morgan fingerprint density at radius 2 is 2.12 bits per heavy atom.